The van der Waals surface area contributed by atoms with Crippen LogP contribution < -0.4 is 21.2 Å². The van der Waals surface area contributed by atoms with Crippen molar-refractivity contribution < 1.29 is 0 Å². The molecule has 0 radical (unpaired) electrons. The summed E-state index contributed by atoms with van der Waals surface area (Å²) < 4.78 is 0. The molecule has 9 heteroatoms. The highest BCUT2D eigenvalue weighted by Crippen LogP contribution is 1.91. The first-order valence-corrected chi connectivity index (χ1v) is 4.09. The Morgan fingerprint density at radius 1 is 1.08 bits per heavy atom. The van der Waals surface area contributed by atoms with Gasteiger partial charge in [0.25, 0.3) is 15.1 Å². The van der Waals surface area contributed by atoms with Gasteiger partial charge in [0.2, 0.25) is 0 Å². The van der Waals surface area contributed by atoms with Crippen LogP contribution in [0.5, 0.6) is 0 Å². The number of hydrogen-bond acceptors (Lipinski definition) is 6. The van der Waals surface area contributed by atoms with E-state index in [1.807, 2.05) is 21.1 Å². The number of nitrogens with one attached hydrogen (secondary N) is 4. The molecule has 0 aromatic carbocycles. The molecular weight excluding hydrogens is 153 g/mol. The molecule has 0 saturated carbocycles. The largest absolute Gasteiger partial charge is 0.407 e. The minimum absolute atomic E-state index is 0.182. The second-order valence-corrected chi connectivity index (χ2v) is 2.62. The first kappa shape index (κ1) is 10.0. The molecular formula is C3H15B3N6. The van der Waals surface area contributed by atoms with E-state index in [9.17, 15) is 0 Å². The molecule has 1 rings (SSSR count). The molecule has 0 aromatic rings. The minimum atomic E-state index is 0.182. The van der Waals surface area contributed by atoms with Crippen LogP contribution in [0.25, 0.3) is 0 Å². The molecule has 1 aliphatic heterocycles. The van der Waals surface area contributed by atoms with Crippen molar-refractivity contribution in [1.82, 2.24) is 30.9 Å². The Morgan fingerprint density at radius 3 is 1.92 bits per heavy atom. The molecule has 1 fully saturated rings. The molecule has 0 unspecified atom stereocenters. The van der Waals surface area contributed by atoms with Gasteiger partial charge >= 0.3 is 7.12 Å². The first-order chi connectivity index (χ1) is 5.83. The van der Waals surface area contributed by atoms with E-state index >= 15 is 0 Å². The van der Waals surface area contributed by atoms with Crippen molar-refractivity contribution in [3.63, 3.8) is 0 Å². The maximum absolute atomic E-state index is 3.24. The zero-order valence-corrected chi connectivity index (χ0v) is 7.89. The van der Waals surface area contributed by atoms with Gasteiger partial charge in [-0.25, -0.2) is 0 Å². The molecule has 6 nitrogen and oxygen atoms in total. The maximum atomic E-state index is 3.24. The van der Waals surface area contributed by atoms with E-state index in [0.717, 1.165) is 15.1 Å². The van der Waals surface area contributed by atoms with Crippen LogP contribution in [0.2, 0.25) is 0 Å². The van der Waals surface area contributed by atoms with Gasteiger partial charge in [0.05, 0.1) is 0 Å². The molecule has 1 heterocycles. The first-order valence-electron chi connectivity index (χ1n) is 4.09. The normalized spacial score (nSPS) is 20.4. The van der Waals surface area contributed by atoms with E-state index in [4.69, 9.17) is 0 Å². The highest BCUT2D eigenvalue weighted by Gasteiger charge is 2.33. The Bertz CT molecular complexity index is 123. The summed E-state index contributed by atoms with van der Waals surface area (Å²) in [4.78, 5) is 4.11. The molecule has 4 N–H and O–H groups in total. The molecule has 0 bridgehead atoms. The van der Waals surface area contributed by atoms with Crippen molar-refractivity contribution in [3.05, 3.63) is 0 Å². The second-order valence-electron chi connectivity index (χ2n) is 2.62. The van der Waals surface area contributed by atoms with E-state index in [0.29, 0.717) is 0 Å². The second kappa shape index (κ2) is 4.85. The fraction of sp³-hybridized carbons (Fsp3) is 1.00. The highest BCUT2D eigenvalue weighted by molar-refractivity contribution is 6.72. The predicted molar refractivity (Wildman–Crippen MR) is 54.0 cm³/mol. The van der Waals surface area contributed by atoms with Gasteiger partial charge in [-0.3, -0.25) is 20.5 Å². The maximum Gasteiger partial charge on any atom is 0.407 e. The topological polar surface area (TPSA) is 54.6 Å². The third kappa shape index (κ3) is 2.00. The van der Waals surface area contributed by atoms with Crippen molar-refractivity contribution >= 4 is 22.2 Å². The smallest absolute Gasteiger partial charge is 0.376 e. The van der Waals surface area contributed by atoms with Crippen LogP contribution in [-0.2, 0) is 0 Å². The van der Waals surface area contributed by atoms with Crippen LogP contribution in [-0.4, -0.2) is 53.0 Å². The fourth-order valence-electron chi connectivity index (χ4n) is 1.35. The lowest BCUT2D eigenvalue weighted by Gasteiger charge is -2.39. The van der Waals surface area contributed by atoms with Crippen molar-refractivity contribution in [1.29, 1.82) is 0 Å². The fourth-order valence-corrected chi connectivity index (χ4v) is 1.35. The summed E-state index contributed by atoms with van der Waals surface area (Å²) in [7, 11) is 7.60. The van der Waals surface area contributed by atoms with Crippen molar-refractivity contribution in [2.75, 3.05) is 21.1 Å². The van der Waals surface area contributed by atoms with Gasteiger partial charge in [0, 0.05) is 0 Å². The zero-order chi connectivity index (χ0) is 8.97. The van der Waals surface area contributed by atoms with Gasteiger partial charge in [0.15, 0.2) is 0 Å². The molecule has 0 aliphatic carbocycles. The van der Waals surface area contributed by atoms with Crippen molar-refractivity contribution in [2.24, 2.45) is 0 Å². The molecule has 66 valence electrons. The molecule has 0 atom stereocenters. The van der Waals surface area contributed by atoms with Gasteiger partial charge < -0.3 is 10.4 Å². The lowest BCUT2D eigenvalue weighted by atomic mass is 9.72. The average Bonchev–Trinajstić information content (AvgIpc) is 2.16. The molecule has 1 aliphatic rings. The Labute approximate surface area is 75.1 Å². The van der Waals surface area contributed by atoms with E-state index in [1.54, 1.807) is 0 Å². The lowest BCUT2D eigenvalue weighted by Crippen LogP contribution is -2.76. The number of rotatable bonds is 3. The summed E-state index contributed by atoms with van der Waals surface area (Å²) >= 11 is 0. The molecule has 0 spiro atoms. The third-order valence-electron chi connectivity index (χ3n) is 1.99. The Balaban J connectivity index is 2.52. The SMILES string of the molecule is CNB1N(NC)BNBN1NC. The number of hydrogen-bond donors (Lipinski definition) is 4. The van der Waals surface area contributed by atoms with Crippen molar-refractivity contribution in [3.8, 4) is 0 Å². The van der Waals surface area contributed by atoms with Crippen LogP contribution in [0.4, 0.5) is 0 Å². The van der Waals surface area contributed by atoms with Gasteiger partial charge in [0.1, 0.15) is 0 Å². The van der Waals surface area contributed by atoms with Crippen LogP contribution in [0, 0.1) is 0 Å². The van der Waals surface area contributed by atoms with E-state index in [-0.39, 0.29) is 7.12 Å². The predicted octanol–water partition coefficient (Wildman–Crippen LogP) is -3.80. The van der Waals surface area contributed by atoms with E-state index in [1.165, 1.54) is 0 Å². The molecule has 12 heavy (non-hydrogen) atoms. The van der Waals surface area contributed by atoms with Crippen LogP contribution in [0.1, 0.15) is 0 Å². The van der Waals surface area contributed by atoms with Crippen LogP contribution in [0.3, 0.4) is 0 Å². The van der Waals surface area contributed by atoms with Gasteiger partial charge in [-0.1, -0.05) is 0 Å². The van der Waals surface area contributed by atoms with Gasteiger partial charge in [-0.2, -0.15) is 0 Å². The standard InChI is InChI=1S/C3H15B3N6/c1-7-6-11(8-2)4-10-5-12(6)9-3/h4-5,7-10H,1-3H3. The van der Waals surface area contributed by atoms with E-state index < -0.39 is 0 Å². The zero-order valence-electron chi connectivity index (χ0n) is 7.89. The summed E-state index contributed by atoms with van der Waals surface area (Å²) in [6.07, 6.45) is 0. The van der Waals surface area contributed by atoms with Crippen LogP contribution in [0.15, 0.2) is 0 Å². The van der Waals surface area contributed by atoms with Gasteiger partial charge in [-0.05, 0) is 21.1 Å². The highest BCUT2D eigenvalue weighted by atomic mass is 15.6. The Hall–Kier alpha value is -0.0452. The third-order valence-corrected chi connectivity index (χ3v) is 1.99. The molecule has 0 aromatic heterocycles. The lowest BCUT2D eigenvalue weighted by molar-refractivity contribution is 0.415. The number of hydrazine groups is 2. The summed E-state index contributed by atoms with van der Waals surface area (Å²) in [5, 5.41) is 6.43. The molecule has 1 saturated heterocycles. The van der Waals surface area contributed by atoms with E-state index in [2.05, 4.69) is 30.9 Å². The monoisotopic (exact) mass is 168 g/mol. The Morgan fingerprint density at radius 2 is 1.58 bits per heavy atom. The quantitative estimate of drug-likeness (QED) is 0.324. The average molecular weight is 168 g/mol. The summed E-state index contributed by atoms with van der Waals surface area (Å²) in [6, 6.07) is 0. The van der Waals surface area contributed by atoms with Crippen molar-refractivity contribution in [2.45, 2.75) is 0 Å². The Kier molecular flexibility index (Phi) is 4.06. The summed E-state index contributed by atoms with van der Waals surface area (Å²) in [6.45, 7) is 0. The minimum Gasteiger partial charge on any atom is -0.376 e. The van der Waals surface area contributed by atoms with Crippen LogP contribution >= 0.6 is 0 Å². The summed E-state index contributed by atoms with van der Waals surface area (Å²) in [5.41, 5.74) is 6.19. The number of nitrogens with zero attached hydrogens (tertiary/aromatic N) is 2. The van der Waals surface area contributed by atoms with Gasteiger partial charge in [-0.15, -0.1) is 0 Å². The summed E-state index contributed by atoms with van der Waals surface area (Å²) in [5.74, 6) is 0. The molecule has 0 amide bonds.